The molecule has 0 fully saturated rings. The minimum absolute atomic E-state index is 0.921. The summed E-state index contributed by atoms with van der Waals surface area (Å²) in [4.78, 5) is 19.6. The molecule has 0 amide bonds. The number of benzene rings is 8. The van der Waals surface area contributed by atoms with Crippen molar-refractivity contribution in [2.75, 3.05) is 0 Å². The molecule has 5 heterocycles. The fraction of sp³-hybridized carbons (Fsp3) is 0.0303. The number of rotatable bonds is 8. The summed E-state index contributed by atoms with van der Waals surface area (Å²) < 4.78 is 2.26. The van der Waals surface area contributed by atoms with Crippen LogP contribution in [0.4, 0.5) is 0 Å². The molecule has 71 heavy (non-hydrogen) atoms. The zero-order chi connectivity index (χ0) is 47.4. The number of pyridine rings is 4. The summed E-state index contributed by atoms with van der Waals surface area (Å²) in [6.45, 7) is 4.14. The Morgan fingerprint density at radius 3 is 1.27 bits per heavy atom. The van der Waals surface area contributed by atoms with Crippen molar-refractivity contribution in [3.05, 3.63) is 248 Å². The number of hydrogen-bond acceptors (Lipinski definition) is 4. The van der Waals surface area contributed by atoms with Gasteiger partial charge in [0.1, 0.15) is 5.65 Å². The zero-order valence-electron chi connectivity index (χ0n) is 39.3. The zero-order valence-corrected chi connectivity index (χ0v) is 39.3. The van der Waals surface area contributed by atoms with Crippen LogP contribution in [0.2, 0.25) is 0 Å². The molecule has 5 heteroatoms. The maximum atomic E-state index is 5.24. The van der Waals surface area contributed by atoms with Crippen molar-refractivity contribution in [3.63, 3.8) is 0 Å². The first-order chi connectivity index (χ1) is 35.0. The molecule has 0 atom stereocenters. The molecular weight excluding hydrogens is 863 g/mol. The van der Waals surface area contributed by atoms with Crippen molar-refractivity contribution in [1.82, 2.24) is 24.3 Å². The number of nitrogens with zero attached hydrogens (tertiary/aromatic N) is 5. The molecule has 0 aliphatic carbocycles. The SMILES string of the molecule is Cc1ccc(-c2ccc(-c3ccccc3-c3cc(-c4ccccc4-c4ccc(-c5ccc(C)cn5)cc4)cc(-c4ccccc4-c4ccc5c(c4)c4nc6ccccc6n4c4cccnc54)c3)cc2)nc1. The van der Waals surface area contributed by atoms with Gasteiger partial charge in [0.25, 0.3) is 0 Å². The number of aromatic nitrogens is 5. The van der Waals surface area contributed by atoms with Gasteiger partial charge in [-0.15, -0.1) is 0 Å². The number of para-hydroxylation sites is 2. The molecule has 0 aliphatic heterocycles. The van der Waals surface area contributed by atoms with Crippen LogP contribution in [0.5, 0.6) is 0 Å². The quantitative estimate of drug-likeness (QED) is 0.143. The molecule has 13 rings (SSSR count). The Labute approximate surface area is 412 Å². The smallest absolute Gasteiger partial charge is 0.146 e. The molecule has 0 aliphatic rings. The Morgan fingerprint density at radius 2 is 0.761 bits per heavy atom. The van der Waals surface area contributed by atoms with Crippen LogP contribution in [-0.2, 0) is 0 Å². The second kappa shape index (κ2) is 17.3. The highest BCUT2D eigenvalue weighted by Crippen LogP contribution is 2.44. The second-order valence-electron chi connectivity index (χ2n) is 18.4. The largest absolute Gasteiger partial charge is 0.290 e. The summed E-state index contributed by atoms with van der Waals surface area (Å²) in [7, 11) is 0. The molecule has 0 spiro atoms. The summed E-state index contributed by atoms with van der Waals surface area (Å²) in [6, 6.07) is 78.8. The van der Waals surface area contributed by atoms with E-state index in [4.69, 9.17) is 19.9 Å². The van der Waals surface area contributed by atoms with Crippen molar-refractivity contribution < 1.29 is 0 Å². The summed E-state index contributed by atoms with van der Waals surface area (Å²) in [5.74, 6) is 0. The molecule has 13 aromatic rings. The Morgan fingerprint density at radius 1 is 0.324 bits per heavy atom. The Balaban J connectivity index is 0.990. The minimum Gasteiger partial charge on any atom is -0.290 e. The highest BCUT2D eigenvalue weighted by molar-refractivity contribution is 6.13. The van der Waals surface area contributed by atoms with E-state index in [9.17, 15) is 0 Å². The average Bonchev–Trinajstić information content (AvgIpc) is 3.84. The topological polar surface area (TPSA) is 56.0 Å². The number of imidazole rings is 1. The van der Waals surface area contributed by atoms with Gasteiger partial charge in [-0.3, -0.25) is 19.4 Å². The van der Waals surface area contributed by atoms with Gasteiger partial charge in [-0.05, 0) is 152 Å². The first kappa shape index (κ1) is 41.8. The van der Waals surface area contributed by atoms with Gasteiger partial charge in [-0.1, -0.05) is 158 Å². The third-order valence-electron chi connectivity index (χ3n) is 13.9. The lowest BCUT2D eigenvalue weighted by Gasteiger charge is -2.18. The lowest BCUT2D eigenvalue weighted by Crippen LogP contribution is -1.94. The third kappa shape index (κ3) is 7.52. The number of fused-ring (bicyclic) bond motifs is 8. The monoisotopic (exact) mass is 907 g/mol. The van der Waals surface area contributed by atoms with Gasteiger partial charge >= 0.3 is 0 Å². The van der Waals surface area contributed by atoms with E-state index in [-0.39, 0.29) is 0 Å². The van der Waals surface area contributed by atoms with Crippen LogP contribution in [0, 0.1) is 13.8 Å². The molecule has 0 saturated carbocycles. The second-order valence-corrected chi connectivity index (χ2v) is 18.4. The van der Waals surface area contributed by atoms with Gasteiger partial charge in [0.2, 0.25) is 0 Å². The van der Waals surface area contributed by atoms with Crippen LogP contribution < -0.4 is 0 Å². The summed E-state index contributed by atoms with van der Waals surface area (Å²) in [5, 5.41) is 2.14. The molecule has 0 N–H and O–H groups in total. The first-order valence-electron chi connectivity index (χ1n) is 24.1. The lowest BCUT2D eigenvalue weighted by molar-refractivity contribution is 1.27. The Kier molecular flexibility index (Phi) is 10.2. The summed E-state index contributed by atoms with van der Waals surface area (Å²) in [6.07, 6.45) is 5.74. The predicted octanol–water partition coefficient (Wildman–Crippen LogP) is 16.9. The van der Waals surface area contributed by atoms with E-state index in [1.807, 2.05) is 24.7 Å². The Bertz CT molecular complexity index is 4000. The van der Waals surface area contributed by atoms with E-state index >= 15 is 0 Å². The van der Waals surface area contributed by atoms with Gasteiger partial charge in [-0.2, -0.15) is 0 Å². The molecule has 5 aromatic heterocycles. The van der Waals surface area contributed by atoms with Gasteiger partial charge in [0, 0.05) is 40.5 Å². The minimum atomic E-state index is 0.921. The normalized spacial score (nSPS) is 11.5. The first-order valence-corrected chi connectivity index (χ1v) is 24.1. The molecule has 0 saturated heterocycles. The fourth-order valence-electron chi connectivity index (χ4n) is 10.3. The number of aryl methyl sites for hydroxylation is 2. The van der Waals surface area contributed by atoms with Crippen LogP contribution >= 0.6 is 0 Å². The van der Waals surface area contributed by atoms with E-state index < -0.39 is 0 Å². The highest BCUT2D eigenvalue weighted by Gasteiger charge is 2.19. The molecule has 0 bridgehead atoms. The molecule has 5 nitrogen and oxygen atoms in total. The standard InChI is InChI=1S/C66H45N5/c1-42-21-33-60(68-40-42)46-27-23-44(24-28-46)52-12-3-6-15-55(52)49-36-50(56-16-7-4-13-53(56)45-25-29-47(30-26-45)61-34-22-43(2)41-69-61)38-51(37-49)57-17-8-5-14-54(57)48-31-32-58-59(39-48)66-70-62-18-9-10-19-63(62)71(66)64-20-11-35-67-65(58)64/h3-41H,1-2H3. The summed E-state index contributed by atoms with van der Waals surface area (Å²) >= 11 is 0. The van der Waals surface area contributed by atoms with Crippen molar-refractivity contribution in [3.8, 4) is 89.3 Å². The Hall–Kier alpha value is -9.32. The molecule has 8 aromatic carbocycles. The van der Waals surface area contributed by atoms with E-state index in [1.54, 1.807) is 0 Å². The van der Waals surface area contributed by atoms with Gasteiger partial charge in [0.15, 0.2) is 0 Å². The van der Waals surface area contributed by atoms with Gasteiger partial charge in [-0.25, -0.2) is 4.98 Å². The molecular formula is C66H45N5. The number of hydrogen-bond donors (Lipinski definition) is 0. The van der Waals surface area contributed by atoms with E-state index in [0.29, 0.717) is 0 Å². The molecule has 334 valence electrons. The fourth-order valence-corrected chi connectivity index (χ4v) is 10.3. The van der Waals surface area contributed by atoms with Crippen LogP contribution in [0.15, 0.2) is 237 Å². The van der Waals surface area contributed by atoms with Crippen molar-refractivity contribution >= 4 is 38.5 Å². The van der Waals surface area contributed by atoms with Crippen LogP contribution in [0.25, 0.3) is 128 Å². The summed E-state index contributed by atoms with van der Waals surface area (Å²) in [5.41, 5.74) is 25.0. The van der Waals surface area contributed by atoms with Crippen LogP contribution in [0.1, 0.15) is 11.1 Å². The van der Waals surface area contributed by atoms with Crippen molar-refractivity contribution in [2.24, 2.45) is 0 Å². The van der Waals surface area contributed by atoms with Crippen molar-refractivity contribution in [2.45, 2.75) is 13.8 Å². The third-order valence-corrected chi connectivity index (χ3v) is 13.9. The average molecular weight is 908 g/mol. The van der Waals surface area contributed by atoms with Crippen molar-refractivity contribution in [1.29, 1.82) is 0 Å². The van der Waals surface area contributed by atoms with E-state index in [2.05, 4.69) is 231 Å². The van der Waals surface area contributed by atoms with Gasteiger partial charge < -0.3 is 0 Å². The van der Waals surface area contributed by atoms with E-state index in [0.717, 1.165) is 139 Å². The van der Waals surface area contributed by atoms with Crippen LogP contribution in [0.3, 0.4) is 0 Å². The maximum absolute atomic E-state index is 5.24. The van der Waals surface area contributed by atoms with Gasteiger partial charge in [0.05, 0.1) is 33.5 Å². The maximum Gasteiger partial charge on any atom is 0.146 e. The van der Waals surface area contributed by atoms with Crippen LogP contribution in [-0.4, -0.2) is 24.3 Å². The predicted molar refractivity (Wildman–Crippen MR) is 294 cm³/mol. The highest BCUT2D eigenvalue weighted by atomic mass is 15.0. The molecule has 0 radical (unpaired) electrons. The lowest BCUT2D eigenvalue weighted by atomic mass is 9.86. The molecule has 0 unspecified atom stereocenters. The van der Waals surface area contributed by atoms with E-state index in [1.165, 1.54) is 0 Å².